The number of benzene rings is 2. The molecule has 6 heteroatoms. The third-order valence-corrected chi connectivity index (χ3v) is 3.87. The van der Waals surface area contributed by atoms with Gasteiger partial charge in [-0.05, 0) is 36.8 Å². The summed E-state index contributed by atoms with van der Waals surface area (Å²) >= 11 is 0. The average Bonchev–Trinajstić information content (AvgIpc) is 2.64. The predicted octanol–water partition coefficient (Wildman–Crippen LogP) is 3.27. The number of halogens is 1. The molecule has 130 valence electrons. The van der Waals surface area contributed by atoms with E-state index in [1.165, 1.54) is 20.3 Å². The van der Waals surface area contributed by atoms with Gasteiger partial charge in [-0.1, -0.05) is 18.2 Å². The van der Waals surface area contributed by atoms with Crippen molar-refractivity contribution in [2.75, 3.05) is 14.2 Å². The standard InChI is InChI=1S/C19H19FN2O3/c1-12(17-15(20)8-5-9-16(17)24-2)22-18(19(23)25-3)14-7-4-6-13(10-14)11-21/h4-10,12,18,22H,1-3H3/t12-,18-/m0/s1. The van der Waals surface area contributed by atoms with Gasteiger partial charge < -0.3 is 9.47 Å². The van der Waals surface area contributed by atoms with E-state index in [2.05, 4.69) is 5.32 Å². The predicted molar refractivity (Wildman–Crippen MR) is 90.4 cm³/mol. The van der Waals surface area contributed by atoms with Crippen LogP contribution in [-0.2, 0) is 9.53 Å². The van der Waals surface area contributed by atoms with Gasteiger partial charge in [-0.25, -0.2) is 9.18 Å². The van der Waals surface area contributed by atoms with Crippen LogP contribution < -0.4 is 10.1 Å². The monoisotopic (exact) mass is 342 g/mol. The molecule has 0 aromatic heterocycles. The van der Waals surface area contributed by atoms with Gasteiger partial charge in [0.05, 0.1) is 25.9 Å². The second kappa shape index (κ2) is 8.27. The van der Waals surface area contributed by atoms with Crippen LogP contribution in [0.25, 0.3) is 0 Å². The molecule has 0 saturated carbocycles. The van der Waals surface area contributed by atoms with Crippen molar-refractivity contribution >= 4 is 5.97 Å². The summed E-state index contributed by atoms with van der Waals surface area (Å²) in [6.45, 7) is 1.73. The largest absolute Gasteiger partial charge is 0.496 e. The molecule has 2 rings (SSSR count). The van der Waals surface area contributed by atoms with Gasteiger partial charge in [0.1, 0.15) is 17.6 Å². The second-order valence-corrected chi connectivity index (χ2v) is 5.44. The molecule has 0 aliphatic carbocycles. The maximum atomic E-state index is 14.3. The minimum atomic E-state index is -0.849. The number of methoxy groups -OCH3 is 2. The molecule has 0 aliphatic rings. The van der Waals surface area contributed by atoms with Crippen LogP contribution in [0.1, 0.15) is 35.7 Å². The van der Waals surface area contributed by atoms with Gasteiger partial charge in [-0.2, -0.15) is 5.26 Å². The van der Waals surface area contributed by atoms with Gasteiger partial charge in [0.15, 0.2) is 0 Å². The molecule has 0 fully saturated rings. The highest BCUT2D eigenvalue weighted by Crippen LogP contribution is 2.30. The van der Waals surface area contributed by atoms with Crippen LogP contribution in [0.15, 0.2) is 42.5 Å². The summed E-state index contributed by atoms with van der Waals surface area (Å²) in [7, 11) is 2.73. The van der Waals surface area contributed by atoms with E-state index in [0.29, 0.717) is 22.4 Å². The smallest absolute Gasteiger partial charge is 0.327 e. The van der Waals surface area contributed by atoms with Crippen LogP contribution in [0.4, 0.5) is 4.39 Å². The van der Waals surface area contributed by atoms with Crippen LogP contribution in [0, 0.1) is 17.1 Å². The van der Waals surface area contributed by atoms with Crippen molar-refractivity contribution < 1.29 is 18.7 Å². The highest BCUT2D eigenvalue weighted by atomic mass is 19.1. The van der Waals surface area contributed by atoms with Crippen LogP contribution in [0.2, 0.25) is 0 Å². The molecule has 2 aromatic carbocycles. The Bertz CT molecular complexity index is 801. The van der Waals surface area contributed by atoms with Gasteiger partial charge in [0.2, 0.25) is 0 Å². The number of esters is 1. The molecule has 0 unspecified atom stereocenters. The lowest BCUT2D eigenvalue weighted by Gasteiger charge is -2.24. The lowest BCUT2D eigenvalue weighted by atomic mass is 10.0. The number of ether oxygens (including phenoxy) is 2. The minimum Gasteiger partial charge on any atom is -0.496 e. The van der Waals surface area contributed by atoms with E-state index in [4.69, 9.17) is 14.7 Å². The molecule has 0 saturated heterocycles. The van der Waals surface area contributed by atoms with Gasteiger partial charge in [0.25, 0.3) is 0 Å². The molecule has 0 radical (unpaired) electrons. The third-order valence-electron chi connectivity index (χ3n) is 3.87. The molecule has 0 bridgehead atoms. The summed E-state index contributed by atoms with van der Waals surface area (Å²) in [6, 6.07) is 11.8. The third kappa shape index (κ3) is 4.14. The van der Waals surface area contributed by atoms with Crippen molar-refractivity contribution in [1.29, 1.82) is 5.26 Å². The van der Waals surface area contributed by atoms with Crippen molar-refractivity contribution in [3.05, 3.63) is 65.0 Å². The van der Waals surface area contributed by atoms with Crippen LogP contribution in [0.3, 0.4) is 0 Å². The van der Waals surface area contributed by atoms with Crippen LogP contribution >= 0.6 is 0 Å². The van der Waals surface area contributed by atoms with Crippen molar-refractivity contribution in [2.45, 2.75) is 19.0 Å². The summed E-state index contributed by atoms with van der Waals surface area (Å²) in [5.74, 6) is -0.583. The van der Waals surface area contributed by atoms with Gasteiger partial charge in [-0.3, -0.25) is 5.32 Å². The Balaban J connectivity index is 2.38. The van der Waals surface area contributed by atoms with Crippen LogP contribution in [0.5, 0.6) is 5.75 Å². The Hall–Kier alpha value is -2.91. The van der Waals surface area contributed by atoms with E-state index in [0.717, 1.165) is 0 Å². The molecule has 0 aliphatic heterocycles. The number of carbonyl (C=O) groups excluding carboxylic acids is 1. The van der Waals surface area contributed by atoms with Gasteiger partial charge >= 0.3 is 5.97 Å². The zero-order chi connectivity index (χ0) is 18.4. The van der Waals surface area contributed by atoms with Gasteiger partial charge in [-0.15, -0.1) is 0 Å². The Morgan fingerprint density at radius 2 is 1.96 bits per heavy atom. The molecule has 5 nitrogen and oxygen atoms in total. The molecule has 0 amide bonds. The van der Waals surface area contributed by atoms with E-state index in [9.17, 15) is 9.18 Å². The Kier molecular flexibility index (Phi) is 6.09. The highest BCUT2D eigenvalue weighted by Gasteiger charge is 2.26. The van der Waals surface area contributed by atoms with Crippen molar-refractivity contribution in [3.63, 3.8) is 0 Å². The lowest BCUT2D eigenvalue weighted by Crippen LogP contribution is -2.32. The maximum absolute atomic E-state index is 14.3. The van der Waals surface area contributed by atoms with Crippen LogP contribution in [-0.4, -0.2) is 20.2 Å². The molecule has 1 N–H and O–H groups in total. The number of hydrogen-bond donors (Lipinski definition) is 1. The first-order chi connectivity index (χ1) is 12.0. The number of nitrogens with one attached hydrogen (secondary N) is 1. The summed E-state index contributed by atoms with van der Waals surface area (Å²) in [4.78, 5) is 12.2. The molecule has 2 aromatic rings. The average molecular weight is 342 g/mol. The first kappa shape index (κ1) is 18.4. The summed E-state index contributed by atoms with van der Waals surface area (Å²) in [6.07, 6.45) is 0. The Morgan fingerprint density at radius 1 is 1.24 bits per heavy atom. The van der Waals surface area contributed by atoms with E-state index < -0.39 is 23.9 Å². The molecule has 0 spiro atoms. The normalized spacial score (nSPS) is 12.8. The van der Waals surface area contributed by atoms with Gasteiger partial charge in [0, 0.05) is 11.6 Å². The molecule has 0 heterocycles. The minimum absolute atomic E-state index is 0.315. The number of hydrogen-bond acceptors (Lipinski definition) is 5. The first-order valence-electron chi connectivity index (χ1n) is 7.68. The topological polar surface area (TPSA) is 71.3 Å². The first-order valence-corrected chi connectivity index (χ1v) is 7.68. The second-order valence-electron chi connectivity index (χ2n) is 5.44. The quantitative estimate of drug-likeness (QED) is 0.816. The molecule has 25 heavy (non-hydrogen) atoms. The van der Waals surface area contributed by atoms with Crippen molar-refractivity contribution in [1.82, 2.24) is 5.32 Å². The summed E-state index contributed by atoms with van der Waals surface area (Å²) in [5.41, 5.74) is 1.30. The number of carbonyl (C=O) groups is 1. The maximum Gasteiger partial charge on any atom is 0.327 e. The summed E-state index contributed by atoms with van der Waals surface area (Å²) in [5, 5.41) is 12.1. The Morgan fingerprint density at radius 3 is 2.60 bits per heavy atom. The van der Waals surface area contributed by atoms with Crippen molar-refractivity contribution in [2.24, 2.45) is 0 Å². The zero-order valence-corrected chi connectivity index (χ0v) is 14.2. The zero-order valence-electron chi connectivity index (χ0n) is 14.2. The van der Waals surface area contributed by atoms with E-state index in [-0.39, 0.29) is 0 Å². The molecule has 2 atom stereocenters. The van der Waals surface area contributed by atoms with E-state index in [1.54, 1.807) is 43.3 Å². The van der Waals surface area contributed by atoms with Crippen molar-refractivity contribution in [3.8, 4) is 11.8 Å². The molecular formula is C19H19FN2O3. The lowest BCUT2D eigenvalue weighted by molar-refractivity contribution is -0.143. The van der Waals surface area contributed by atoms with E-state index >= 15 is 0 Å². The highest BCUT2D eigenvalue weighted by molar-refractivity contribution is 5.77. The fourth-order valence-corrected chi connectivity index (χ4v) is 2.65. The Labute approximate surface area is 146 Å². The number of nitriles is 1. The van der Waals surface area contributed by atoms with E-state index in [1.807, 2.05) is 6.07 Å². The fourth-order valence-electron chi connectivity index (χ4n) is 2.65. The molecular weight excluding hydrogens is 323 g/mol. The number of rotatable bonds is 6. The summed E-state index contributed by atoms with van der Waals surface area (Å²) < 4.78 is 24.3. The number of nitrogens with zero attached hydrogens (tertiary/aromatic N) is 1. The SMILES string of the molecule is COC(=O)[C@@H](N[C@@H](C)c1c(F)cccc1OC)c1cccc(C#N)c1. The fraction of sp³-hybridized carbons (Fsp3) is 0.263.